The summed E-state index contributed by atoms with van der Waals surface area (Å²) in [5.41, 5.74) is 3.58. The van der Waals surface area contributed by atoms with Crippen molar-refractivity contribution < 1.29 is 36.6 Å². The number of unbranched alkanes of at least 4 members (excludes halogenated alkanes) is 6. The van der Waals surface area contributed by atoms with Gasteiger partial charge in [0.2, 0.25) is 0 Å². The van der Waals surface area contributed by atoms with E-state index in [4.69, 9.17) is 20.0 Å². The molecule has 0 amide bonds. The molecule has 0 saturated heterocycles. The number of carbonyl (C=O) groups is 2. The molecule has 0 bridgehead atoms. The van der Waals surface area contributed by atoms with Crippen LogP contribution in [0.4, 0.5) is 17.6 Å². The van der Waals surface area contributed by atoms with Crippen molar-refractivity contribution in [2.24, 2.45) is 0 Å². The van der Waals surface area contributed by atoms with E-state index < -0.39 is 35.2 Å². The lowest BCUT2D eigenvalue weighted by Crippen LogP contribution is -2.11. The molecule has 0 aromatic heterocycles. The van der Waals surface area contributed by atoms with Crippen LogP contribution in [-0.4, -0.2) is 11.9 Å². The normalized spacial score (nSPS) is 10.7. The van der Waals surface area contributed by atoms with Gasteiger partial charge in [-0.15, -0.1) is 0 Å². The lowest BCUT2D eigenvalue weighted by atomic mass is 10.0. The maximum Gasteiger partial charge on any atom is 0.346 e. The van der Waals surface area contributed by atoms with Crippen LogP contribution >= 0.6 is 0 Å². The third kappa shape index (κ3) is 11.1. The third-order valence-electron chi connectivity index (χ3n) is 9.89. The Bertz CT molecular complexity index is 2360. The van der Waals surface area contributed by atoms with E-state index in [0.29, 0.717) is 35.1 Å². The molecule has 0 atom stereocenters. The highest BCUT2D eigenvalue weighted by atomic mass is 19.1. The van der Waals surface area contributed by atoms with Gasteiger partial charge in [0.15, 0.2) is 0 Å². The molecule has 0 fully saturated rings. The Morgan fingerprint density at radius 2 is 0.814 bits per heavy atom. The van der Waals surface area contributed by atoms with Crippen molar-refractivity contribution in [1.29, 1.82) is 10.5 Å². The Morgan fingerprint density at radius 3 is 1.15 bits per heavy atom. The van der Waals surface area contributed by atoms with E-state index >= 15 is 0 Å². The summed E-state index contributed by atoms with van der Waals surface area (Å²) in [4.78, 5) is 25.4. The molecule has 6 aromatic carbocycles. The predicted molar refractivity (Wildman–Crippen MR) is 216 cm³/mol. The summed E-state index contributed by atoms with van der Waals surface area (Å²) in [6, 6.07) is 33.5. The van der Waals surface area contributed by atoms with Crippen molar-refractivity contribution in [3.63, 3.8) is 0 Å². The molecule has 296 valence electrons. The maximum atomic E-state index is 14.9. The van der Waals surface area contributed by atoms with E-state index in [1.165, 1.54) is 48.5 Å². The maximum absolute atomic E-state index is 14.9. The number of rotatable bonds is 16. The van der Waals surface area contributed by atoms with Crippen LogP contribution in [0.1, 0.15) is 87.9 Å². The topological polar surface area (TPSA) is 100 Å². The van der Waals surface area contributed by atoms with Gasteiger partial charge in [0.1, 0.15) is 34.8 Å². The first kappa shape index (κ1) is 41.6. The Balaban J connectivity index is 0.865. The number of hydrogen-bond acceptors (Lipinski definition) is 6. The first-order valence-electron chi connectivity index (χ1n) is 19.2. The molecule has 59 heavy (non-hydrogen) atoms. The van der Waals surface area contributed by atoms with Crippen LogP contribution < -0.4 is 9.47 Å². The highest BCUT2D eigenvalue weighted by molar-refractivity contribution is 5.92. The van der Waals surface area contributed by atoms with Crippen molar-refractivity contribution in [2.75, 3.05) is 0 Å². The number of aryl methyl sites for hydroxylation is 2. The summed E-state index contributed by atoms with van der Waals surface area (Å²) in [5, 5.41) is 17.9. The molecule has 0 unspecified atom stereocenters. The number of hydrogen-bond donors (Lipinski definition) is 0. The number of ether oxygens (including phenoxy) is 2. The fourth-order valence-corrected chi connectivity index (χ4v) is 6.66. The largest absolute Gasteiger partial charge is 0.423 e. The number of esters is 2. The minimum absolute atomic E-state index is 0.0574. The van der Waals surface area contributed by atoms with Gasteiger partial charge in [0.05, 0.1) is 34.4 Å². The number of nitrogens with zero attached hydrogens (tertiary/aromatic N) is 2. The van der Waals surface area contributed by atoms with Crippen LogP contribution in [0.3, 0.4) is 0 Å². The highest BCUT2D eigenvalue weighted by Crippen LogP contribution is 2.29. The third-order valence-corrected chi connectivity index (χ3v) is 9.89. The first-order chi connectivity index (χ1) is 28.6. The van der Waals surface area contributed by atoms with Crippen LogP contribution in [0.2, 0.25) is 0 Å². The highest BCUT2D eigenvalue weighted by Gasteiger charge is 2.18. The summed E-state index contributed by atoms with van der Waals surface area (Å²) < 4.78 is 69.9. The van der Waals surface area contributed by atoms with Crippen molar-refractivity contribution >= 4 is 11.9 Å². The zero-order valence-electron chi connectivity index (χ0n) is 32.0. The minimum Gasteiger partial charge on any atom is -0.423 e. The fourth-order valence-electron chi connectivity index (χ4n) is 6.66. The van der Waals surface area contributed by atoms with Gasteiger partial charge in [-0.2, -0.15) is 10.5 Å². The second kappa shape index (κ2) is 19.9. The van der Waals surface area contributed by atoms with Gasteiger partial charge >= 0.3 is 11.9 Å². The van der Waals surface area contributed by atoms with Crippen LogP contribution in [-0.2, 0) is 12.8 Å². The zero-order valence-corrected chi connectivity index (χ0v) is 32.0. The average Bonchev–Trinajstić information content (AvgIpc) is 3.23. The Morgan fingerprint density at radius 1 is 0.441 bits per heavy atom. The molecule has 0 saturated carbocycles. The summed E-state index contributed by atoms with van der Waals surface area (Å²) >= 11 is 0. The standard InChI is InChI=1S/C49H38F4N2O4/c50-44-26-32(14-22-42(44)48(56)58-38-20-24-40(46(52)28-38)36-16-10-34(30-54)11-17-36)8-6-4-2-1-3-5-7-9-33-15-23-43(45(51)27-33)49(57)59-39-21-25-41(47(53)29-39)37-18-12-35(31-55)13-19-37/h10-29H,1-9H2. The molecule has 6 nitrogen and oxygen atoms in total. The van der Waals surface area contributed by atoms with Gasteiger partial charge in [-0.3, -0.25) is 0 Å². The average molecular weight is 795 g/mol. The van der Waals surface area contributed by atoms with E-state index in [1.807, 2.05) is 12.1 Å². The van der Waals surface area contributed by atoms with Gasteiger partial charge < -0.3 is 9.47 Å². The first-order valence-corrected chi connectivity index (χ1v) is 19.2. The Kier molecular flexibility index (Phi) is 14.0. The minimum atomic E-state index is -0.929. The van der Waals surface area contributed by atoms with Crippen molar-refractivity contribution in [3.05, 3.63) is 178 Å². The summed E-state index contributed by atoms with van der Waals surface area (Å²) in [7, 11) is 0. The lowest BCUT2D eigenvalue weighted by molar-refractivity contribution is 0.0719. The van der Waals surface area contributed by atoms with Gasteiger partial charge in [-0.05, 0) is 121 Å². The van der Waals surface area contributed by atoms with E-state index in [2.05, 4.69) is 0 Å². The zero-order chi connectivity index (χ0) is 41.7. The number of halogens is 4. The molecule has 0 radical (unpaired) electrons. The second-order valence-electron chi connectivity index (χ2n) is 14.0. The molecule has 6 aromatic rings. The molecule has 6 rings (SSSR count). The van der Waals surface area contributed by atoms with Crippen molar-refractivity contribution in [3.8, 4) is 45.9 Å². The molecule has 0 aliphatic rings. The van der Waals surface area contributed by atoms with E-state index in [9.17, 15) is 27.2 Å². The monoisotopic (exact) mass is 794 g/mol. The van der Waals surface area contributed by atoms with Gasteiger partial charge in [-0.1, -0.05) is 68.5 Å². The Labute approximate surface area is 339 Å². The Hall–Kier alpha value is -7.04. The fraction of sp³-hybridized carbons (Fsp3) is 0.184. The molecule has 0 spiro atoms. The summed E-state index contributed by atoms with van der Waals surface area (Å²) in [6.45, 7) is 0. The van der Waals surface area contributed by atoms with Crippen LogP contribution in [0.5, 0.6) is 11.5 Å². The molecule has 0 N–H and O–H groups in total. The van der Waals surface area contributed by atoms with Crippen LogP contribution in [0.25, 0.3) is 22.3 Å². The number of benzene rings is 6. The van der Waals surface area contributed by atoms with E-state index in [0.717, 1.165) is 68.2 Å². The van der Waals surface area contributed by atoms with Gasteiger partial charge in [-0.25, -0.2) is 27.2 Å². The quantitative estimate of drug-likeness (QED) is 0.0419. The smallest absolute Gasteiger partial charge is 0.346 e. The van der Waals surface area contributed by atoms with Gasteiger partial charge in [0, 0.05) is 23.3 Å². The number of nitriles is 2. The van der Waals surface area contributed by atoms with E-state index in [-0.39, 0.29) is 33.8 Å². The molecular weight excluding hydrogens is 757 g/mol. The molecule has 0 aliphatic carbocycles. The molecule has 0 aliphatic heterocycles. The summed E-state index contributed by atoms with van der Waals surface area (Å²) in [5.74, 6) is -4.65. The van der Waals surface area contributed by atoms with Gasteiger partial charge in [0.25, 0.3) is 0 Å². The molecule has 0 heterocycles. The molecule has 10 heteroatoms. The summed E-state index contributed by atoms with van der Waals surface area (Å²) in [6.07, 6.45) is 7.91. The van der Waals surface area contributed by atoms with Crippen LogP contribution in [0.15, 0.2) is 121 Å². The molecular formula is C49H38F4N2O4. The second-order valence-corrected chi connectivity index (χ2v) is 14.0. The number of carbonyl (C=O) groups excluding carboxylic acids is 2. The van der Waals surface area contributed by atoms with Crippen molar-refractivity contribution in [1.82, 2.24) is 0 Å². The predicted octanol–water partition coefficient (Wildman–Crippen LogP) is 12.3. The van der Waals surface area contributed by atoms with Crippen LogP contribution in [0, 0.1) is 45.9 Å². The SMILES string of the molecule is N#Cc1ccc(-c2ccc(OC(=O)c3ccc(CCCCCCCCCc4ccc(C(=O)Oc5ccc(-c6ccc(C#N)cc6)c(F)c5)c(F)c4)cc3F)cc2F)cc1. The lowest BCUT2D eigenvalue weighted by Gasteiger charge is -2.09. The van der Waals surface area contributed by atoms with E-state index in [1.54, 1.807) is 60.7 Å². The van der Waals surface area contributed by atoms with Crippen molar-refractivity contribution in [2.45, 2.75) is 57.8 Å².